The fourth-order valence-electron chi connectivity index (χ4n) is 1.13. The molecule has 88 valence electrons. The fourth-order valence-corrected chi connectivity index (χ4v) is 1.90. The Hall–Kier alpha value is -0.970. The van der Waals surface area contributed by atoms with Crippen molar-refractivity contribution >= 4 is 17.5 Å². The van der Waals surface area contributed by atoms with Gasteiger partial charge in [0, 0.05) is 0 Å². The van der Waals surface area contributed by atoms with Crippen molar-refractivity contribution < 1.29 is 18.0 Å². The number of ketones is 1. The van der Waals surface area contributed by atoms with Crippen molar-refractivity contribution in [2.45, 2.75) is 13.3 Å². The summed E-state index contributed by atoms with van der Waals surface area (Å²) in [6, 6.07) is 1.73. The van der Waals surface area contributed by atoms with Crippen LogP contribution in [0.5, 0.6) is 0 Å². The van der Waals surface area contributed by atoms with Crippen LogP contribution in [0.2, 0.25) is 0 Å². The Bertz CT molecular complexity index is 393. The zero-order valence-electron chi connectivity index (χ0n) is 8.73. The molecule has 0 aromatic heterocycles. The summed E-state index contributed by atoms with van der Waals surface area (Å²) in [6.45, 7) is 1.95. The van der Waals surface area contributed by atoms with Crippen LogP contribution >= 0.6 is 11.8 Å². The van der Waals surface area contributed by atoms with E-state index in [-0.39, 0.29) is 11.3 Å². The Morgan fingerprint density at radius 1 is 1.25 bits per heavy atom. The highest BCUT2D eigenvalue weighted by atomic mass is 32.2. The highest BCUT2D eigenvalue weighted by Crippen LogP contribution is 2.17. The number of thioether (sulfide) groups is 1. The average molecular weight is 248 g/mol. The van der Waals surface area contributed by atoms with Crippen molar-refractivity contribution in [2.75, 3.05) is 11.5 Å². The van der Waals surface area contributed by atoms with Gasteiger partial charge in [-0.25, -0.2) is 13.2 Å². The van der Waals surface area contributed by atoms with Crippen LogP contribution in [0.4, 0.5) is 13.2 Å². The molecule has 0 atom stereocenters. The number of Topliss-reactive ketones (excluding diaryl/α,β-unsaturated/α-hetero) is 1. The molecule has 16 heavy (non-hydrogen) atoms. The molecule has 0 radical (unpaired) electrons. The van der Waals surface area contributed by atoms with E-state index in [1.165, 1.54) is 11.8 Å². The Labute approximate surface area is 96.0 Å². The molecule has 0 fully saturated rings. The highest BCUT2D eigenvalue weighted by molar-refractivity contribution is 7.99. The van der Waals surface area contributed by atoms with E-state index in [0.29, 0.717) is 0 Å². The van der Waals surface area contributed by atoms with Crippen LogP contribution in [-0.2, 0) is 0 Å². The third kappa shape index (κ3) is 3.01. The number of hydrogen-bond acceptors (Lipinski definition) is 2. The van der Waals surface area contributed by atoms with Crippen molar-refractivity contribution in [3.63, 3.8) is 0 Å². The van der Waals surface area contributed by atoms with Crippen molar-refractivity contribution in [1.29, 1.82) is 0 Å². The van der Waals surface area contributed by atoms with E-state index < -0.39 is 23.2 Å². The summed E-state index contributed by atoms with van der Waals surface area (Å²) < 4.78 is 38.6. The molecule has 0 aliphatic heterocycles. The smallest absolute Gasteiger partial charge is 0.195 e. The van der Waals surface area contributed by atoms with Crippen LogP contribution in [0, 0.1) is 17.5 Å². The molecule has 0 bridgehead atoms. The molecule has 1 nitrogen and oxygen atoms in total. The maximum Gasteiger partial charge on any atom is 0.195 e. The van der Waals surface area contributed by atoms with E-state index in [4.69, 9.17) is 0 Å². The highest BCUT2D eigenvalue weighted by Gasteiger charge is 2.18. The van der Waals surface area contributed by atoms with Crippen molar-refractivity contribution in [2.24, 2.45) is 0 Å². The third-order valence-corrected chi connectivity index (χ3v) is 3.08. The molecule has 0 aliphatic carbocycles. The van der Waals surface area contributed by atoms with Gasteiger partial charge in [-0.1, -0.05) is 6.92 Å². The Kier molecular flexibility index (Phi) is 4.86. The van der Waals surface area contributed by atoms with Gasteiger partial charge >= 0.3 is 0 Å². The molecule has 0 aliphatic rings. The molecular weight excluding hydrogens is 237 g/mol. The SMILES string of the molecule is CCCSCC(=O)c1ccc(F)c(F)c1F. The van der Waals surface area contributed by atoms with E-state index in [1.807, 2.05) is 6.92 Å². The Morgan fingerprint density at radius 3 is 2.56 bits per heavy atom. The van der Waals surface area contributed by atoms with E-state index in [1.54, 1.807) is 0 Å². The molecule has 1 aromatic carbocycles. The first-order valence-corrected chi connectivity index (χ1v) is 5.97. The summed E-state index contributed by atoms with van der Waals surface area (Å²) in [5.41, 5.74) is -0.387. The van der Waals surface area contributed by atoms with Crippen LogP contribution in [0.15, 0.2) is 12.1 Å². The minimum absolute atomic E-state index is 0.0792. The number of rotatable bonds is 5. The van der Waals surface area contributed by atoms with E-state index in [2.05, 4.69) is 0 Å². The predicted octanol–water partition coefficient (Wildman–Crippen LogP) is 3.43. The first-order chi connectivity index (χ1) is 7.57. The molecule has 5 heteroatoms. The molecule has 0 spiro atoms. The summed E-state index contributed by atoms with van der Waals surface area (Å²) >= 11 is 1.34. The van der Waals surface area contributed by atoms with Crippen molar-refractivity contribution in [1.82, 2.24) is 0 Å². The fraction of sp³-hybridized carbons (Fsp3) is 0.364. The number of carbonyl (C=O) groups excluding carboxylic acids is 1. The topological polar surface area (TPSA) is 17.1 Å². The molecule has 0 amide bonds. The standard InChI is InChI=1S/C11H11F3OS/c1-2-5-16-6-9(15)7-3-4-8(12)11(14)10(7)13/h3-4H,2,5-6H2,1H3. The summed E-state index contributed by atoms with van der Waals surface area (Å²) in [7, 11) is 0. The van der Waals surface area contributed by atoms with Gasteiger partial charge in [-0.2, -0.15) is 11.8 Å². The summed E-state index contributed by atoms with van der Waals surface area (Å²) in [4.78, 5) is 11.5. The quantitative estimate of drug-likeness (QED) is 0.451. The molecule has 0 saturated heterocycles. The zero-order chi connectivity index (χ0) is 12.1. The largest absolute Gasteiger partial charge is 0.293 e. The molecule has 1 aromatic rings. The first kappa shape index (κ1) is 13.1. The second kappa shape index (κ2) is 5.94. The maximum atomic E-state index is 13.2. The van der Waals surface area contributed by atoms with Gasteiger partial charge in [0.05, 0.1) is 11.3 Å². The zero-order valence-corrected chi connectivity index (χ0v) is 9.54. The molecular formula is C11H11F3OS. The predicted molar refractivity (Wildman–Crippen MR) is 58.3 cm³/mol. The van der Waals surface area contributed by atoms with Crippen LogP contribution in [-0.4, -0.2) is 17.3 Å². The number of halogens is 3. The van der Waals surface area contributed by atoms with Gasteiger partial charge in [0.1, 0.15) is 0 Å². The van der Waals surface area contributed by atoms with Gasteiger partial charge in [-0.15, -0.1) is 0 Å². The third-order valence-electron chi connectivity index (χ3n) is 1.92. The van der Waals surface area contributed by atoms with Gasteiger partial charge in [0.2, 0.25) is 0 Å². The van der Waals surface area contributed by atoms with Crippen LogP contribution in [0.25, 0.3) is 0 Å². The molecule has 1 rings (SSSR count). The Balaban J connectivity index is 2.80. The summed E-state index contributed by atoms with van der Waals surface area (Å²) in [5.74, 6) is -3.94. The second-order valence-corrected chi connectivity index (χ2v) is 4.30. The van der Waals surface area contributed by atoms with Gasteiger partial charge in [-0.3, -0.25) is 4.79 Å². The lowest BCUT2D eigenvalue weighted by Crippen LogP contribution is -2.08. The lowest BCUT2D eigenvalue weighted by molar-refractivity contribution is 0.101. The van der Waals surface area contributed by atoms with Crippen molar-refractivity contribution in [3.05, 3.63) is 35.1 Å². The van der Waals surface area contributed by atoms with Crippen LogP contribution in [0.1, 0.15) is 23.7 Å². The van der Waals surface area contributed by atoms with Crippen molar-refractivity contribution in [3.8, 4) is 0 Å². The lowest BCUT2D eigenvalue weighted by atomic mass is 10.1. The van der Waals surface area contributed by atoms with Gasteiger partial charge < -0.3 is 0 Å². The minimum Gasteiger partial charge on any atom is -0.293 e. The van der Waals surface area contributed by atoms with Gasteiger partial charge in [0.25, 0.3) is 0 Å². The van der Waals surface area contributed by atoms with E-state index >= 15 is 0 Å². The normalized spacial score (nSPS) is 10.5. The molecule has 0 saturated carbocycles. The average Bonchev–Trinajstić information content (AvgIpc) is 2.26. The monoisotopic (exact) mass is 248 g/mol. The van der Waals surface area contributed by atoms with Crippen LogP contribution < -0.4 is 0 Å². The number of hydrogen-bond donors (Lipinski definition) is 0. The van der Waals surface area contributed by atoms with E-state index in [9.17, 15) is 18.0 Å². The first-order valence-electron chi connectivity index (χ1n) is 4.82. The maximum absolute atomic E-state index is 13.2. The number of benzene rings is 1. The molecule has 0 N–H and O–H groups in total. The van der Waals surface area contributed by atoms with Gasteiger partial charge in [-0.05, 0) is 24.3 Å². The van der Waals surface area contributed by atoms with Gasteiger partial charge in [0.15, 0.2) is 23.2 Å². The van der Waals surface area contributed by atoms with E-state index in [0.717, 1.165) is 24.3 Å². The Morgan fingerprint density at radius 2 is 1.94 bits per heavy atom. The molecule has 0 heterocycles. The molecule has 0 unspecified atom stereocenters. The number of carbonyl (C=O) groups is 1. The van der Waals surface area contributed by atoms with Crippen LogP contribution in [0.3, 0.4) is 0 Å². The lowest BCUT2D eigenvalue weighted by Gasteiger charge is -2.03. The minimum atomic E-state index is -1.59. The summed E-state index contributed by atoms with van der Waals surface area (Å²) in [6.07, 6.45) is 0.901. The summed E-state index contributed by atoms with van der Waals surface area (Å²) in [5, 5.41) is 0. The second-order valence-electron chi connectivity index (χ2n) is 3.20.